The summed E-state index contributed by atoms with van der Waals surface area (Å²) in [5.41, 5.74) is 5.36. The van der Waals surface area contributed by atoms with Crippen LogP contribution in [0.4, 0.5) is 5.69 Å². The van der Waals surface area contributed by atoms with Gasteiger partial charge in [-0.2, -0.15) is 8.42 Å². The van der Waals surface area contributed by atoms with E-state index in [1.807, 2.05) is 0 Å². The van der Waals surface area contributed by atoms with Crippen molar-refractivity contribution in [2.75, 3.05) is 5.32 Å². The fraction of sp³-hybridized carbons (Fsp3) is 0.450. The van der Waals surface area contributed by atoms with E-state index in [1.165, 1.54) is 34.6 Å². The third-order valence-corrected chi connectivity index (χ3v) is 7.04. The van der Waals surface area contributed by atoms with Gasteiger partial charge in [-0.3, -0.25) is 4.72 Å². The molecule has 1 aromatic carbocycles. The molecular formula is C20H24N2O4S2. The van der Waals surface area contributed by atoms with Crippen molar-refractivity contribution >= 4 is 33.0 Å². The summed E-state index contributed by atoms with van der Waals surface area (Å²) in [6.45, 7) is 3.12. The van der Waals surface area contributed by atoms with Crippen LogP contribution in [0.5, 0.6) is 0 Å². The lowest BCUT2D eigenvalue weighted by molar-refractivity contribution is 0.0779. The Hall–Kier alpha value is -1.90. The maximum absolute atomic E-state index is 12.6. The van der Waals surface area contributed by atoms with Crippen molar-refractivity contribution in [3.63, 3.8) is 0 Å². The Bertz CT molecular complexity index is 1020. The van der Waals surface area contributed by atoms with Crippen molar-refractivity contribution in [3.05, 3.63) is 46.2 Å². The number of benzene rings is 1. The Morgan fingerprint density at radius 2 is 1.71 bits per heavy atom. The number of aryl methyl sites for hydroxylation is 2. The molecule has 4 rings (SSSR count). The Morgan fingerprint density at radius 1 is 1.11 bits per heavy atom. The summed E-state index contributed by atoms with van der Waals surface area (Å²) < 4.78 is 32.8. The summed E-state index contributed by atoms with van der Waals surface area (Å²) in [6, 6.07) is 3.62. The Labute approximate surface area is 170 Å². The van der Waals surface area contributed by atoms with Crippen LogP contribution in [0.1, 0.15) is 54.5 Å². The van der Waals surface area contributed by atoms with E-state index in [9.17, 15) is 13.5 Å². The number of hydrogen-bond acceptors (Lipinski definition) is 5. The van der Waals surface area contributed by atoms with Crippen molar-refractivity contribution < 1.29 is 17.9 Å². The zero-order valence-electron chi connectivity index (χ0n) is 16.0. The number of sulfonamides is 1. The first-order valence-corrected chi connectivity index (χ1v) is 11.4. The first kappa shape index (κ1) is 19.4. The molecule has 2 aromatic rings. The average Bonchev–Trinajstić information content (AvgIpc) is 3.33. The highest BCUT2D eigenvalue weighted by atomic mass is 32.2. The molecule has 0 bridgehead atoms. The second-order valence-electron chi connectivity index (χ2n) is 8.01. The van der Waals surface area contributed by atoms with Gasteiger partial charge in [0.1, 0.15) is 0 Å². The van der Waals surface area contributed by atoms with Crippen LogP contribution in [0.3, 0.4) is 0 Å². The van der Waals surface area contributed by atoms with Crippen LogP contribution in [-0.4, -0.2) is 18.6 Å². The minimum absolute atomic E-state index is 0.0237. The molecule has 0 unspecified atom stereocenters. The molecule has 0 saturated heterocycles. The zero-order valence-corrected chi connectivity index (χ0v) is 17.6. The number of nitrogens with one attached hydrogen (secondary N) is 2. The lowest BCUT2D eigenvalue weighted by Gasteiger charge is -2.18. The molecular weight excluding hydrogens is 396 g/mol. The molecule has 3 N–H and O–H groups in total. The number of aliphatic hydroxyl groups is 1. The normalized spacial score (nSPS) is 16.0. The minimum atomic E-state index is -3.98. The lowest BCUT2D eigenvalue weighted by Crippen LogP contribution is -2.34. The molecule has 2 aliphatic rings. The SMILES string of the molecule is CC(C)(O)c1coc(S(=O)(=O)NC(=S)Nc2c3c(cc4c2CCC4)CCC3)c1. The number of thiocarbonyl (C=S) groups is 1. The molecule has 0 aliphatic heterocycles. The molecule has 0 amide bonds. The molecule has 2 aliphatic carbocycles. The smallest absolute Gasteiger partial charge is 0.297 e. The van der Waals surface area contributed by atoms with E-state index in [4.69, 9.17) is 16.6 Å². The molecule has 6 nitrogen and oxygen atoms in total. The summed E-state index contributed by atoms with van der Waals surface area (Å²) in [5.74, 6) is 0. The van der Waals surface area contributed by atoms with Crippen LogP contribution >= 0.6 is 12.2 Å². The van der Waals surface area contributed by atoms with Crippen LogP contribution in [0.2, 0.25) is 0 Å². The number of furan rings is 1. The van der Waals surface area contributed by atoms with Gasteiger partial charge in [-0.25, -0.2) is 0 Å². The van der Waals surface area contributed by atoms with E-state index in [-0.39, 0.29) is 10.2 Å². The van der Waals surface area contributed by atoms with Crippen molar-refractivity contribution in [2.24, 2.45) is 0 Å². The third kappa shape index (κ3) is 3.56. The van der Waals surface area contributed by atoms with Gasteiger partial charge >= 0.3 is 0 Å². The molecule has 8 heteroatoms. The second-order valence-corrected chi connectivity index (χ2v) is 10.0. The van der Waals surface area contributed by atoms with E-state index in [1.54, 1.807) is 13.8 Å². The molecule has 0 radical (unpaired) electrons. The van der Waals surface area contributed by atoms with E-state index in [0.29, 0.717) is 5.56 Å². The topological polar surface area (TPSA) is 91.6 Å². The Balaban J connectivity index is 1.56. The average molecular weight is 421 g/mol. The van der Waals surface area contributed by atoms with Crippen LogP contribution < -0.4 is 10.0 Å². The Kier molecular flexibility index (Phi) is 4.76. The van der Waals surface area contributed by atoms with Gasteiger partial charge in [-0.05, 0) is 86.8 Å². The van der Waals surface area contributed by atoms with Crippen molar-refractivity contribution in [2.45, 2.75) is 63.1 Å². The van der Waals surface area contributed by atoms with Crippen molar-refractivity contribution in [1.82, 2.24) is 4.72 Å². The summed E-state index contributed by atoms with van der Waals surface area (Å²) in [5, 5.41) is 12.9. The van der Waals surface area contributed by atoms with E-state index in [2.05, 4.69) is 16.1 Å². The van der Waals surface area contributed by atoms with Gasteiger partial charge in [0.15, 0.2) is 5.11 Å². The molecule has 150 valence electrons. The quantitative estimate of drug-likeness (QED) is 0.658. The van der Waals surface area contributed by atoms with Crippen molar-refractivity contribution in [3.8, 4) is 0 Å². The van der Waals surface area contributed by atoms with Crippen LogP contribution in [0, 0.1) is 0 Å². The fourth-order valence-electron chi connectivity index (χ4n) is 4.06. The van der Waals surface area contributed by atoms with E-state index in [0.717, 1.165) is 44.2 Å². The number of anilines is 1. The van der Waals surface area contributed by atoms with Crippen LogP contribution in [0.15, 0.2) is 27.9 Å². The number of hydrogen-bond donors (Lipinski definition) is 3. The molecule has 1 aromatic heterocycles. The predicted molar refractivity (Wildman–Crippen MR) is 111 cm³/mol. The highest BCUT2D eigenvalue weighted by Gasteiger charge is 2.27. The van der Waals surface area contributed by atoms with Gasteiger partial charge in [0, 0.05) is 17.3 Å². The highest BCUT2D eigenvalue weighted by molar-refractivity contribution is 7.91. The van der Waals surface area contributed by atoms with Gasteiger partial charge in [-0.15, -0.1) is 0 Å². The lowest BCUT2D eigenvalue weighted by atomic mass is 9.99. The largest absolute Gasteiger partial charge is 0.451 e. The summed E-state index contributed by atoms with van der Waals surface area (Å²) in [4.78, 5) is 0. The van der Waals surface area contributed by atoms with Gasteiger partial charge in [0.05, 0.1) is 11.9 Å². The highest BCUT2D eigenvalue weighted by Crippen LogP contribution is 2.38. The third-order valence-electron chi connectivity index (χ3n) is 5.49. The van der Waals surface area contributed by atoms with Gasteiger partial charge < -0.3 is 14.8 Å². The first-order valence-electron chi connectivity index (χ1n) is 9.47. The van der Waals surface area contributed by atoms with E-state index < -0.39 is 15.6 Å². The first-order chi connectivity index (χ1) is 13.1. The Morgan fingerprint density at radius 3 is 2.25 bits per heavy atom. The summed E-state index contributed by atoms with van der Waals surface area (Å²) >= 11 is 5.31. The van der Waals surface area contributed by atoms with Crippen molar-refractivity contribution in [1.29, 1.82) is 0 Å². The molecule has 0 atom stereocenters. The van der Waals surface area contributed by atoms with E-state index >= 15 is 0 Å². The van der Waals surface area contributed by atoms with Crippen LogP contribution in [-0.2, 0) is 41.3 Å². The number of rotatable bonds is 4. The molecule has 28 heavy (non-hydrogen) atoms. The monoisotopic (exact) mass is 420 g/mol. The van der Waals surface area contributed by atoms with Crippen LogP contribution in [0.25, 0.3) is 0 Å². The zero-order chi connectivity index (χ0) is 20.1. The maximum Gasteiger partial charge on any atom is 0.297 e. The van der Waals surface area contributed by atoms with Gasteiger partial charge in [0.25, 0.3) is 10.0 Å². The molecule has 0 fully saturated rings. The second kappa shape index (κ2) is 6.86. The minimum Gasteiger partial charge on any atom is -0.451 e. The molecule has 0 spiro atoms. The maximum atomic E-state index is 12.6. The standard InChI is InChI=1S/C20H24N2O4S2/c1-20(2,23)14-10-17(26-11-14)28(24,25)22-19(27)21-18-15-7-3-5-12(15)9-13-6-4-8-16(13)18/h9-11,23H,3-8H2,1-2H3,(H2,21,22,27). The van der Waals surface area contributed by atoms with Gasteiger partial charge in [-0.1, -0.05) is 6.07 Å². The summed E-state index contributed by atoms with van der Waals surface area (Å²) in [7, 11) is -3.98. The molecule has 0 saturated carbocycles. The fourth-order valence-corrected chi connectivity index (χ4v) is 5.34. The molecule has 1 heterocycles. The number of fused-ring (bicyclic) bond motifs is 2. The van der Waals surface area contributed by atoms with Gasteiger partial charge in [0.2, 0.25) is 5.09 Å². The predicted octanol–water partition coefficient (Wildman–Crippen LogP) is 3.16. The summed E-state index contributed by atoms with van der Waals surface area (Å²) in [6.07, 6.45) is 7.53.